The molecule has 122 valence electrons. The Labute approximate surface area is 135 Å². The normalized spacial score (nSPS) is 11.3. The molecule has 0 bridgehead atoms. The first-order valence-corrected chi connectivity index (χ1v) is 8.35. The van der Waals surface area contributed by atoms with E-state index in [2.05, 4.69) is 43.0 Å². The summed E-state index contributed by atoms with van der Waals surface area (Å²) >= 11 is 0. The molecule has 0 saturated carbocycles. The number of unbranched alkanes of at least 4 members (excludes halogenated alkanes) is 4. The Bertz CT molecular complexity index is 407. The fourth-order valence-corrected chi connectivity index (χ4v) is 1.81. The molecule has 0 fully saturated rings. The van der Waals surface area contributed by atoms with Gasteiger partial charge in [-0.15, -0.1) is 5.73 Å². The summed E-state index contributed by atoms with van der Waals surface area (Å²) in [4.78, 5) is 10.3. The number of hydrogen-bond acceptors (Lipinski definition) is 1. The molecule has 0 heterocycles. The van der Waals surface area contributed by atoms with Crippen LogP contribution in [0.5, 0.6) is 0 Å². The molecule has 0 atom stereocenters. The van der Waals surface area contributed by atoms with Crippen molar-refractivity contribution in [1.29, 1.82) is 0 Å². The van der Waals surface area contributed by atoms with Gasteiger partial charge in [-0.3, -0.25) is 4.79 Å². The van der Waals surface area contributed by atoms with Gasteiger partial charge < -0.3 is 5.11 Å². The average Bonchev–Trinajstić information content (AvgIpc) is 2.50. The van der Waals surface area contributed by atoms with E-state index in [9.17, 15) is 4.79 Å². The Kier molecular flexibility index (Phi) is 15.9. The minimum atomic E-state index is -0.720. The van der Waals surface area contributed by atoms with Crippen molar-refractivity contribution >= 4 is 5.97 Å². The van der Waals surface area contributed by atoms with Crippen molar-refractivity contribution in [2.24, 2.45) is 0 Å². The first kappa shape index (κ1) is 20.2. The molecule has 0 aromatic carbocycles. The fourth-order valence-electron chi connectivity index (χ4n) is 1.81. The maximum absolute atomic E-state index is 10.3. The Morgan fingerprint density at radius 1 is 0.955 bits per heavy atom. The molecule has 0 aliphatic rings. The van der Waals surface area contributed by atoms with Crippen LogP contribution in [-0.2, 0) is 4.79 Å². The summed E-state index contributed by atoms with van der Waals surface area (Å²) in [7, 11) is 0. The largest absolute Gasteiger partial charge is 0.481 e. The number of hydrogen-bond donors (Lipinski definition) is 1. The molecule has 0 radical (unpaired) electrons. The number of carboxylic acids is 1. The van der Waals surface area contributed by atoms with Crippen LogP contribution in [0, 0.1) is 0 Å². The molecule has 0 rings (SSSR count). The van der Waals surface area contributed by atoms with Gasteiger partial charge in [-0.25, -0.2) is 0 Å². The highest BCUT2D eigenvalue weighted by atomic mass is 16.4. The Morgan fingerprint density at radius 3 is 2.45 bits per heavy atom. The average molecular weight is 302 g/mol. The lowest BCUT2D eigenvalue weighted by molar-refractivity contribution is -0.137. The second kappa shape index (κ2) is 17.3. The van der Waals surface area contributed by atoms with Crippen LogP contribution in [-0.4, -0.2) is 11.1 Å². The highest BCUT2D eigenvalue weighted by molar-refractivity contribution is 5.66. The Morgan fingerprint density at radius 2 is 1.68 bits per heavy atom. The van der Waals surface area contributed by atoms with E-state index in [1.165, 1.54) is 19.3 Å². The predicted molar refractivity (Wildman–Crippen MR) is 94.9 cm³/mol. The van der Waals surface area contributed by atoms with E-state index in [1.807, 2.05) is 18.2 Å². The number of carboxylic acid groups (broad SMARTS) is 1. The van der Waals surface area contributed by atoms with E-state index in [1.54, 1.807) is 0 Å². The summed E-state index contributed by atoms with van der Waals surface area (Å²) in [6.45, 7) is 2.16. The maximum atomic E-state index is 10.3. The van der Waals surface area contributed by atoms with Crippen molar-refractivity contribution in [3.05, 3.63) is 54.3 Å². The second-order valence-electron chi connectivity index (χ2n) is 5.12. The van der Waals surface area contributed by atoms with Gasteiger partial charge in [0.2, 0.25) is 0 Å². The minimum Gasteiger partial charge on any atom is -0.481 e. The van der Waals surface area contributed by atoms with E-state index in [0.717, 1.165) is 25.7 Å². The molecule has 1 N–H and O–H groups in total. The molecule has 2 nitrogen and oxygen atoms in total. The number of allylic oxidation sites excluding steroid dienone is 7. The number of rotatable bonds is 13. The summed E-state index contributed by atoms with van der Waals surface area (Å²) in [5.41, 5.74) is 3.17. The van der Waals surface area contributed by atoms with Crippen molar-refractivity contribution in [3.63, 3.8) is 0 Å². The Hall–Kier alpha value is -1.79. The molecule has 0 unspecified atom stereocenters. The van der Waals surface area contributed by atoms with E-state index < -0.39 is 5.97 Å². The molecule has 0 aliphatic heterocycles. The van der Waals surface area contributed by atoms with E-state index in [-0.39, 0.29) is 6.42 Å². The second-order valence-corrected chi connectivity index (χ2v) is 5.12. The summed E-state index contributed by atoms with van der Waals surface area (Å²) in [5, 5.41) is 8.49. The van der Waals surface area contributed by atoms with Gasteiger partial charge in [0.05, 0.1) is 0 Å². The molecule has 0 amide bonds. The van der Waals surface area contributed by atoms with Crippen LogP contribution in [0.2, 0.25) is 0 Å². The van der Waals surface area contributed by atoms with Crippen molar-refractivity contribution < 1.29 is 9.90 Å². The van der Waals surface area contributed by atoms with Crippen molar-refractivity contribution in [3.8, 4) is 0 Å². The molecular formula is C20H30O2. The van der Waals surface area contributed by atoms with Gasteiger partial charge in [-0.05, 0) is 63.5 Å². The predicted octanol–water partition coefficient (Wildman–Crippen LogP) is 5.98. The van der Waals surface area contributed by atoms with Crippen molar-refractivity contribution in [2.45, 2.75) is 64.7 Å². The van der Waals surface area contributed by atoms with Crippen molar-refractivity contribution in [1.82, 2.24) is 0 Å². The van der Waals surface area contributed by atoms with Gasteiger partial charge in [-0.2, -0.15) is 0 Å². The lowest BCUT2D eigenvalue weighted by atomic mass is 10.2. The quantitative estimate of drug-likeness (QED) is 0.196. The maximum Gasteiger partial charge on any atom is 0.303 e. The number of carbonyl (C=O) groups is 1. The monoisotopic (exact) mass is 302 g/mol. The summed E-state index contributed by atoms with van der Waals surface area (Å²) < 4.78 is 0. The van der Waals surface area contributed by atoms with Crippen LogP contribution in [0.25, 0.3) is 0 Å². The van der Waals surface area contributed by atoms with Crippen LogP contribution in [0.1, 0.15) is 64.7 Å². The zero-order valence-electron chi connectivity index (χ0n) is 13.8. The fraction of sp³-hybridized carbons (Fsp3) is 0.500. The van der Waals surface area contributed by atoms with Gasteiger partial charge in [-0.1, -0.05) is 43.4 Å². The summed E-state index contributed by atoms with van der Waals surface area (Å²) in [6, 6.07) is 0. The highest BCUT2D eigenvalue weighted by Gasteiger charge is 1.92. The van der Waals surface area contributed by atoms with E-state index in [0.29, 0.717) is 6.42 Å². The van der Waals surface area contributed by atoms with Gasteiger partial charge in [0.1, 0.15) is 0 Å². The zero-order chi connectivity index (χ0) is 16.3. The SMILES string of the molecule is CC/C=C\CCCCC=C=C/C=C\C/C=C\CCCC(=O)O. The summed E-state index contributed by atoms with van der Waals surface area (Å²) in [5.74, 6) is -0.720. The standard InChI is InChI=1S/C20H30O2/c1-2-3-4-5-6-7-8-9-10-11-12-13-14-15-16-17-18-19-20(21)22/h3-4,9,11-13,15-16H,2,5-8,14,17-19H2,1H3,(H,21,22)/b4-3-,13-12-,16-15-. The zero-order valence-corrected chi connectivity index (χ0v) is 13.8. The lowest BCUT2D eigenvalue weighted by Gasteiger charge is -1.91. The topological polar surface area (TPSA) is 37.3 Å². The van der Waals surface area contributed by atoms with E-state index >= 15 is 0 Å². The van der Waals surface area contributed by atoms with Gasteiger partial charge in [0, 0.05) is 6.42 Å². The van der Waals surface area contributed by atoms with Crippen LogP contribution >= 0.6 is 0 Å². The molecule has 0 saturated heterocycles. The third-order valence-corrected chi connectivity index (χ3v) is 3.02. The molecule has 0 spiro atoms. The third kappa shape index (κ3) is 18.2. The van der Waals surface area contributed by atoms with Gasteiger partial charge in [0.25, 0.3) is 0 Å². The molecule has 2 heteroatoms. The smallest absolute Gasteiger partial charge is 0.303 e. The molecular weight excluding hydrogens is 272 g/mol. The molecule has 0 aromatic heterocycles. The van der Waals surface area contributed by atoms with Crippen LogP contribution in [0.4, 0.5) is 0 Å². The minimum absolute atomic E-state index is 0.253. The summed E-state index contributed by atoms with van der Waals surface area (Å²) in [6.07, 6.45) is 25.3. The Balaban J connectivity index is 3.50. The first-order chi connectivity index (χ1) is 10.8. The highest BCUT2D eigenvalue weighted by Crippen LogP contribution is 2.01. The van der Waals surface area contributed by atoms with E-state index in [4.69, 9.17) is 5.11 Å². The van der Waals surface area contributed by atoms with Crippen LogP contribution in [0.15, 0.2) is 54.3 Å². The lowest BCUT2D eigenvalue weighted by Crippen LogP contribution is -1.92. The molecule has 0 aromatic rings. The number of aliphatic carboxylic acids is 1. The van der Waals surface area contributed by atoms with Crippen LogP contribution in [0.3, 0.4) is 0 Å². The van der Waals surface area contributed by atoms with Gasteiger partial charge >= 0.3 is 5.97 Å². The molecule has 0 aliphatic carbocycles. The first-order valence-electron chi connectivity index (χ1n) is 8.35. The van der Waals surface area contributed by atoms with Gasteiger partial charge in [0.15, 0.2) is 0 Å². The third-order valence-electron chi connectivity index (χ3n) is 3.02. The molecule has 22 heavy (non-hydrogen) atoms. The van der Waals surface area contributed by atoms with Crippen LogP contribution < -0.4 is 0 Å². The van der Waals surface area contributed by atoms with Crippen molar-refractivity contribution in [2.75, 3.05) is 0 Å².